The van der Waals surface area contributed by atoms with Crippen molar-refractivity contribution in [1.82, 2.24) is 9.80 Å². The molecule has 6 heteroatoms. The molecular weight excluding hydrogens is 384 g/mol. The summed E-state index contributed by atoms with van der Waals surface area (Å²) < 4.78 is 6.15. The van der Waals surface area contributed by atoms with Crippen LogP contribution in [-0.2, 0) is 9.53 Å². The number of likely N-dealkylation sites (tertiary alicyclic amines) is 1. The van der Waals surface area contributed by atoms with Crippen molar-refractivity contribution in [2.45, 2.75) is 58.3 Å². The van der Waals surface area contributed by atoms with Crippen LogP contribution in [-0.4, -0.2) is 59.0 Å². The quantitative estimate of drug-likeness (QED) is 0.686. The van der Waals surface area contributed by atoms with Crippen LogP contribution in [0.2, 0.25) is 0 Å². The predicted molar refractivity (Wildman–Crippen MR) is 117 cm³/mol. The zero-order chi connectivity index (χ0) is 20.9. The number of fused-ring (bicyclic) bond motifs is 2. The van der Waals surface area contributed by atoms with Gasteiger partial charge < -0.3 is 14.5 Å². The number of allylic oxidation sites excluding steroid dienone is 3. The first-order valence-corrected chi connectivity index (χ1v) is 11.8. The monoisotopic (exact) mass is 416 g/mol. The van der Waals surface area contributed by atoms with Crippen molar-refractivity contribution in [1.29, 1.82) is 0 Å². The van der Waals surface area contributed by atoms with E-state index in [1.807, 2.05) is 30.6 Å². The lowest BCUT2D eigenvalue weighted by molar-refractivity contribution is -0.123. The number of ether oxygens (including phenoxy) is 1. The molecule has 2 amide bonds. The molecule has 0 saturated carbocycles. The van der Waals surface area contributed by atoms with Crippen LogP contribution in [0.1, 0.15) is 47.0 Å². The normalized spacial score (nSPS) is 34.1. The summed E-state index contributed by atoms with van der Waals surface area (Å²) in [6, 6.07) is 0. The number of amides is 2. The third kappa shape index (κ3) is 3.24. The van der Waals surface area contributed by atoms with Gasteiger partial charge in [-0.1, -0.05) is 26.8 Å². The molecule has 1 fully saturated rings. The summed E-state index contributed by atoms with van der Waals surface area (Å²) in [7, 11) is 1.86. The largest absolute Gasteiger partial charge is 0.444 e. The number of thioether (sulfide) groups is 1. The van der Waals surface area contributed by atoms with Gasteiger partial charge >= 0.3 is 6.09 Å². The molecule has 2 aliphatic carbocycles. The summed E-state index contributed by atoms with van der Waals surface area (Å²) in [5.74, 6) is 1.23. The molecule has 1 saturated heterocycles. The molecule has 4 aliphatic rings. The number of rotatable bonds is 3. The second-order valence-electron chi connectivity index (χ2n) is 8.96. The van der Waals surface area contributed by atoms with Crippen molar-refractivity contribution in [2.24, 2.45) is 11.3 Å². The molecule has 0 spiro atoms. The van der Waals surface area contributed by atoms with E-state index in [-0.39, 0.29) is 34.7 Å². The summed E-state index contributed by atoms with van der Waals surface area (Å²) in [5, 5.41) is 0.135. The molecular formula is C23H32N2O3S. The molecule has 0 aromatic rings. The first-order valence-electron chi connectivity index (χ1n) is 10.8. The number of nitrogens with zero attached hydrogens (tertiary/aromatic N) is 2. The van der Waals surface area contributed by atoms with Crippen LogP contribution in [0.4, 0.5) is 4.79 Å². The molecule has 2 aliphatic heterocycles. The van der Waals surface area contributed by atoms with Gasteiger partial charge in [-0.05, 0) is 49.2 Å². The maximum atomic E-state index is 12.8. The minimum atomic E-state index is -0.167. The Labute approximate surface area is 178 Å². The van der Waals surface area contributed by atoms with Gasteiger partial charge in [0.2, 0.25) is 0 Å². The Morgan fingerprint density at radius 3 is 2.69 bits per heavy atom. The van der Waals surface area contributed by atoms with Crippen molar-refractivity contribution < 1.29 is 14.3 Å². The number of hydrogen-bond donors (Lipinski definition) is 0. The van der Waals surface area contributed by atoms with E-state index in [0.717, 1.165) is 54.9 Å². The zero-order valence-electron chi connectivity index (χ0n) is 18.2. The molecule has 0 radical (unpaired) electrons. The molecule has 0 bridgehead atoms. The summed E-state index contributed by atoms with van der Waals surface area (Å²) in [6.07, 6.45) is 7.11. The van der Waals surface area contributed by atoms with Gasteiger partial charge in [-0.15, -0.1) is 0 Å². The molecule has 158 valence electrons. The molecule has 5 nitrogen and oxygen atoms in total. The van der Waals surface area contributed by atoms with E-state index in [1.165, 1.54) is 5.57 Å². The number of carbonyl (C=O) groups is 2. The van der Waals surface area contributed by atoms with Crippen molar-refractivity contribution >= 4 is 23.8 Å². The van der Waals surface area contributed by atoms with Crippen LogP contribution >= 0.6 is 11.8 Å². The van der Waals surface area contributed by atoms with Crippen molar-refractivity contribution in [3.8, 4) is 0 Å². The van der Waals surface area contributed by atoms with E-state index >= 15 is 0 Å². The lowest BCUT2D eigenvalue weighted by atomic mass is 9.60. The third-order valence-corrected chi connectivity index (χ3v) is 8.49. The Kier molecular flexibility index (Phi) is 5.34. The fraction of sp³-hybridized carbons (Fsp3) is 0.652. The maximum absolute atomic E-state index is 12.8. The van der Waals surface area contributed by atoms with E-state index in [9.17, 15) is 9.59 Å². The van der Waals surface area contributed by atoms with Crippen LogP contribution in [0.15, 0.2) is 34.6 Å². The summed E-state index contributed by atoms with van der Waals surface area (Å²) in [4.78, 5) is 28.9. The topological polar surface area (TPSA) is 49.9 Å². The average molecular weight is 417 g/mol. The van der Waals surface area contributed by atoms with Gasteiger partial charge in [0.05, 0.1) is 5.25 Å². The van der Waals surface area contributed by atoms with Crippen LogP contribution < -0.4 is 0 Å². The molecule has 2 heterocycles. The van der Waals surface area contributed by atoms with Gasteiger partial charge in [-0.3, -0.25) is 4.79 Å². The lowest BCUT2D eigenvalue weighted by Gasteiger charge is -2.49. The molecule has 0 aromatic carbocycles. The summed E-state index contributed by atoms with van der Waals surface area (Å²) >= 11 is 1.84. The standard InChI is InChI=1S/C23H32N2O3S/c1-6-29-19-12-16-11-18-17(14(2)21(26)24(18)5)13-23(16,4)15(3)20(19)28-22(27)25-9-7-8-10-25/h11-12,15,19-20H,6-10,13H2,1-5H3/t15-,19+,20+,23+/m0/s1. The van der Waals surface area contributed by atoms with Crippen molar-refractivity contribution in [3.05, 3.63) is 34.6 Å². The first-order chi connectivity index (χ1) is 13.8. The SMILES string of the molecule is CCS[C@@H]1C=C2C=C3C(=C(C)C(=O)N3C)C[C@]2(C)[C@@H](C)[C@H]1OC(=O)N1CCCC1. The fourth-order valence-corrected chi connectivity index (χ4v) is 6.36. The minimum Gasteiger partial charge on any atom is -0.444 e. The smallest absolute Gasteiger partial charge is 0.410 e. The Bertz CT molecular complexity index is 824. The Morgan fingerprint density at radius 1 is 1.34 bits per heavy atom. The van der Waals surface area contributed by atoms with Crippen LogP contribution in [0, 0.1) is 11.3 Å². The molecule has 29 heavy (non-hydrogen) atoms. The molecule has 0 unspecified atom stereocenters. The Hall–Kier alpha value is -1.69. The van der Waals surface area contributed by atoms with Gasteiger partial charge in [0.1, 0.15) is 6.10 Å². The number of hydrogen-bond acceptors (Lipinski definition) is 4. The van der Waals surface area contributed by atoms with E-state index < -0.39 is 0 Å². The number of likely N-dealkylation sites (N-methyl/N-ethyl adjacent to an activating group) is 1. The fourth-order valence-electron chi connectivity index (χ4n) is 5.25. The lowest BCUT2D eigenvalue weighted by Crippen LogP contribution is -2.49. The summed E-state index contributed by atoms with van der Waals surface area (Å²) in [5.41, 5.74) is 4.16. The second-order valence-corrected chi connectivity index (χ2v) is 10.4. The zero-order valence-corrected chi connectivity index (χ0v) is 19.0. The highest BCUT2D eigenvalue weighted by Gasteiger charge is 2.51. The second kappa shape index (κ2) is 7.53. The molecule has 4 rings (SSSR count). The predicted octanol–water partition coefficient (Wildman–Crippen LogP) is 4.37. The first kappa shape index (κ1) is 20.6. The van der Waals surface area contributed by atoms with E-state index in [2.05, 4.69) is 32.9 Å². The Balaban J connectivity index is 1.69. The van der Waals surface area contributed by atoms with Crippen LogP contribution in [0.3, 0.4) is 0 Å². The van der Waals surface area contributed by atoms with Gasteiger partial charge in [-0.25, -0.2) is 4.79 Å². The highest BCUT2D eigenvalue weighted by atomic mass is 32.2. The number of carbonyl (C=O) groups excluding carboxylic acids is 2. The minimum absolute atomic E-state index is 0.0956. The average Bonchev–Trinajstić information content (AvgIpc) is 3.30. The van der Waals surface area contributed by atoms with Crippen molar-refractivity contribution in [2.75, 3.05) is 25.9 Å². The van der Waals surface area contributed by atoms with Gasteiger partial charge in [0.25, 0.3) is 5.91 Å². The molecule has 0 N–H and O–H groups in total. The maximum Gasteiger partial charge on any atom is 0.410 e. The highest BCUT2D eigenvalue weighted by Crippen LogP contribution is 2.55. The van der Waals surface area contributed by atoms with Gasteiger partial charge in [0.15, 0.2) is 0 Å². The highest BCUT2D eigenvalue weighted by molar-refractivity contribution is 8.00. The van der Waals surface area contributed by atoms with Crippen LogP contribution in [0.25, 0.3) is 0 Å². The van der Waals surface area contributed by atoms with Gasteiger partial charge in [-0.2, -0.15) is 11.8 Å². The summed E-state index contributed by atoms with van der Waals surface area (Å²) in [6.45, 7) is 10.2. The van der Waals surface area contributed by atoms with E-state index in [0.29, 0.717) is 0 Å². The van der Waals surface area contributed by atoms with Crippen LogP contribution in [0.5, 0.6) is 0 Å². The molecule has 4 atom stereocenters. The van der Waals surface area contributed by atoms with Gasteiger partial charge in [0, 0.05) is 42.7 Å². The van der Waals surface area contributed by atoms with Crippen molar-refractivity contribution in [3.63, 3.8) is 0 Å². The third-order valence-electron chi connectivity index (χ3n) is 7.37. The van der Waals surface area contributed by atoms with E-state index in [4.69, 9.17) is 4.74 Å². The molecule has 0 aromatic heterocycles. The van der Waals surface area contributed by atoms with E-state index in [1.54, 1.807) is 4.90 Å². The Morgan fingerprint density at radius 2 is 2.03 bits per heavy atom.